The zero-order valence-electron chi connectivity index (χ0n) is 23.2. The Balaban J connectivity index is 1.99. The Morgan fingerprint density at radius 3 is 1.76 bits per heavy atom. The van der Waals surface area contributed by atoms with Gasteiger partial charge in [-0.3, -0.25) is 9.59 Å². The van der Waals surface area contributed by atoms with Gasteiger partial charge in [-0.05, 0) is 51.2 Å². The van der Waals surface area contributed by atoms with E-state index in [1.54, 1.807) is 19.2 Å². The summed E-state index contributed by atoms with van der Waals surface area (Å²) in [5.41, 5.74) is -1.32. The van der Waals surface area contributed by atoms with Gasteiger partial charge in [0.15, 0.2) is 0 Å². The predicted octanol–water partition coefficient (Wildman–Crippen LogP) is 4.67. The van der Waals surface area contributed by atoms with Crippen molar-refractivity contribution in [3.63, 3.8) is 0 Å². The molecule has 0 saturated heterocycles. The second kappa shape index (κ2) is 12.0. The van der Waals surface area contributed by atoms with E-state index in [1.165, 1.54) is 13.2 Å². The predicted molar refractivity (Wildman–Crippen MR) is 159 cm³/mol. The first kappa shape index (κ1) is 28.7. The molecule has 0 saturated carbocycles. The summed E-state index contributed by atoms with van der Waals surface area (Å²) in [5, 5.41) is 30.5. The van der Waals surface area contributed by atoms with E-state index in [4.69, 9.17) is 9.47 Å². The van der Waals surface area contributed by atoms with Crippen LogP contribution in [0.4, 0.5) is 0 Å². The van der Waals surface area contributed by atoms with Crippen LogP contribution >= 0.6 is 0 Å². The number of rotatable bonds is 12. The molecule has 0 fully saturated rings. The van der Waals surface area contributed by atoms with Crippen LogP contribution in [0.2, 0.25) is 0 Å². The highest BCUT2D eigenvalue weighted by Crippen LogP contribution is 2.45. The molecule has 2 amide bonds. The Bertz CT molecular complexity index is 1860. The highest BCUT2D eigenvalue weighted by molar-refractivity contribution is 6.40. The summed E-state index contributed by atoms with van der Waals surface area (Å²) in [6, 6.07) is 14.2. The maximum atomic E-state index is 14.0. The smallest absolute Gasteiger partial charge is 0.337 e. The first-order valence-corrected chi connectivity index (χ1v) is 13.5. The standard InChI is InChI=1S/C32H30N2O8/c1-41-15-5-13-33-29(35)26-24-20-10-4-8-17-7-3-9-18(22(17)20)19-11-12-21(31(37)38)25(23(19)24)28(32(39)40)27(26)30(36)34-14-6-16-42-2/h3-4,7-12H,5-6,13-16H2,1-2H3,(H,33,35)(H,34,36)(H,37,38)(H,39,40). The summed E-state index contributed by atoms with van der Waals surface area (Å²) in [4.78, 5) is 53.4. The van der Waals surface area contributed by atoms with Crippen LogP contribution in [-0.2, 0) is 9.47 Å². The van der Waals surface area contributed by atoms with Gasteiger partial charge in [0.1, 0.15) is 0 Å². The van der Waals surface area contributed by atoms with Gasteiger partial charge in [-0.25, -0.2) is 9.59 Å². The van der Waals surface area contributed by atoms with Crippen LogP contribution in [0.15, 0.2) is 48.5 Å². The van der Waals surface area contributed by atoms with Crippen molar-refractivity contribution in [1.82, 2.24) is 10.6 Å². The van der Waals surface area contributed by atoms with Crippen molar-refractivity contribution in [2.75, 3.05) is 40.5 Å². The highest BCUT2D eigenvalue weighted by Gasteiger charge is 2.33. The van der Waals surface area contributed by atoms with Crippen LogP contribution in [0.25, 0.3) is 43.1 Å². The fourth-order valence-electron chi connectivity index (χ4n) is 5.75. The number of hydrogen-bond acceptors (Lipinski definition) is 6. The van der Waals surface area contributed by atoms with Crippen molar-refractivity contribution in [1.29, 1.82) is 0 Å². The largest absolute Gasteiger partial charge is 0.478 e. The third-order valence-electron chi connectivity index (χ3n) is 7.44. The number of benzene rings is 5. The maximum absolute atomic E-state index is 14.0. The van der Waals surface area contributed by atoms with E-state index >= 15 is 0 Å². The zero-order valence-corrected chi connectivity index (χ0v) is 23.2. The number of carboxylic acid groups (broad SMARTS) is 2. The van der Waals surface area contributed by atoms with Gasteiger partial charge in [-0.1, -0.05) is 42.5 Å². The molecule has 0 aliphatic rings. The lowest BCUT2D eigenvalue weighted by molar-refractivity contribution is 0.0692. The lowest BCUT2D eigenvalue weighted by Crippen LogP contribution is -2.33. The lowest BCUT2D eigenvalue weighted by Gasteiger charge is -2.23. The topological polar surface area (TPSA) is 151 Å². The van der Waals surface area contributed by atoms with Crippen molar-refractivity contribution in [3.05, 3.63) is 70.8 Å². The average Bonchev–Trinajstić information content (AvgIpc) is 2.98. The molecule has 0 unspecified atom stereocenters. The van der Waals surface area contributed by atoms with Crippen molar-refractivity contribution < 1.29 is 38.9 Å². The van der Waals surface area contributed by atoms with Gasteiger partial charge in [-0.2, -0.15) is 0 Å². The van der Waals surface area contributed by atoms with Gasteiger partial charge in [0.05, 0.1) is 22.3 Å². The number of hydrogen-bond donors (Lipinski definition) is 4. The molecule has 0 radical (unpaired) electrons. The number of aromatic carboxylic acids is 2. The summed E-state index contributed by atoms with van der Waals surface area (Å²) in [5.74, 6) is -4.31. The molecule has 0 bridgehead atoms. The zero-order chi connectivity index (χ0) is 30.0. The molecule has 4 N–H and O–H groups in total. The van der Waals surface area contributed by atoms with Gasteiger partial charge in [0, 0.05) is 51.3 Å². The van der Waals surface area contributed by atoms with Crippen molar-refractivity contribution in [3.8, 4) is 0 Å². The summed E-state index contributed by atoms with van der Waals surface area (Å²) in [6.45, 7) is 1.10. The number of amides is 2. The molecule has 216 valence electrons. The number of carbonyl (C=O) groups is 4. The van der Waals surface area contributed by atoms with Crippen LogP contribution in [-0.4, -0.2) is 74.5 Å². The molecular weight excluding hydrogens is 540 g/mol. The van der Waals surface area contributed by atoms with E-state index in [-0.39, 0.29) is 35.2 Å². The molecule has 0 aromatic heterocycles. The first-order valence-electron chi connectivity index (χ1n) is 13.5. The van der Waals surface area contributed by atoms with Crippen molar-refractivity contribution in [2.45, 2.75) is 12.8 Å². The number of methoxy groups -OCH3 is 2. The summed E-state index contributed by atoms with van der Waals surface area (Å²) < 4.78 is 10.1. The second-order valence-corrected chi connectivity index (χ2v) is 9.93. The molecule has 0 heterocycles. The summed E-state index contributed by atoms with van der Waals surface area (Å²) in [6.07, 6.45) is 0.934. The van der Waals surface area contributed by atoms with Crippen LogP contribution in [0, 0.1) is 0 Å². The molecule has 5 rings (SSSR count). The van der Waals surface area contributed by atoms with Gasteiger partial charge < -0.3 is 30.3 Å². The molecule has 5 aromatic carbocycles. The minimum absolute atomic E-state index is 0.105. The Morgan fingerprint density at radius 1 is 0.619 bits per heavy atom. The second-order valence-electron chi connectivity index (χ2n) is 9.93. The number of carboxylic acids is 2. The molecule has 10 nitrogen and oxygen atoms in total. The van der Waals surface area contributed by atoms with Gasteiger partial charge >= 0.3 is 11.9 Å². The number of ether oxygens (including phenoxy) is 2. The van der Waals surface area contributed by atoms with Crippen molar-refractivity contribution in [2.24, 2.45) is 0 Å². The van der Waals surface area contributed by atoms with E-state index in [9.17, 15) is 29.4 Å². The fourth-order valence-corrected chi connectivity index (χ4v) is 5.75. The Morgan fingerprint density at radius 2 is 1.19 bits per heavy atom. The summed E-state index contributed by atoms with van der Waals surface area (Å²) in [7, 11) is 3.06. The van der Waals surface area contributed by atoms with E-state index in [0.717, 1.165) is 16.2 Å². The molecular formula is C32H30N2O8. The number of nitrogens with one attached hydrogen (secondary N) is 2. The monoisotopic (exact) mass is 570 g/mol. The van der Waals surface area contributed by atoms with Crippen LogP contribution in [0.1, 0.15) is 54.3 Å². The normalized spacial score (nSPS) is 11.5. The molecule has 0 aliphatic heterocycles. The van der Waals surface area contributed by atoms with E-state index in [2.05, 4.69) is 10.6 Å². The first-order chi connectivity index (χ1) is 20.3. The van der Waals surface area contributed by atoms with Gasteiger partial charge in [0.2, 0.25) is 0 Å². The van der Waals surface area contributed by atoms with E-state index < -0.39 is 29.3 Å². The van der Waals surface area contributed by atoms with Crippen LogP contribution < -0.4 is 10.6 Å². The van der Waals surface area contributed by atoms with E-state index in [1.807, 2.05) is 30.3 Å². The Kier molecular flexibility index (Phi) is 8.19. The van der Waals surface area contributed by atoms with E-state index in [0.29, 0.717) is 47.6 Å². The Hall–Kier alpha value is -4.80. The lowest BCUT2D eigenvalue weighted by atomic mass is 9.81. The molecule has 0 aliphatic carbocycles. The van der Waals surface area contributed by atoms with Crippen molar-refractivity contribution >= 4 is 66.8 Å². The fraction of sp³-hybridized carbons (Fsp3) is 0.250. The third kappa shape index (κ3) is 4.84. The highest BCUT2D eigenvalue weighted by atomic mass is 16.5. The molecule has 10 heteroatoms. The number of fused-ring (bicyclic) bond motifs is 2. The summed E-state index contributed by atoms with van der Waals surface area (Å²) >= 11 is 0. The molecule has 5 aromatic rings. The minimum atomic E-state index is -1.52. The maximum Gasteiger partial charge on any atom is 0.337 e. The molecule has 0 spiro atoms. The molecule has 0 atom stereocenters. The van der Waals surface area contributed by atoms with Gasteiger partial charge in [-0.15, -0.1) is 0 Å². The SMILES string of the molecule is COCCCNC(=O)c1c(C(=O)O)c2c(C(=O)O)ccc3c4cccc5cccc(c(c1C(=O)NCCCOC)c23)c54. The Labute approximate surface area is 240 Å². The quantitative estimate of drug-likeness (QED) is 0.0960. The average molecular weight is 571 g/mol. The molecule has 42 heavy (non-hydrogen) atoms. The number of carbonyl (C=O) groups excluding carboxylic acids is 2. The van der Waals surface area contributed by atoms with Gasteiger partial charge in [0.25, 0.3) is 11.8 Å². The van der Waals surface area contributed by atoms with Crippen LogP contribution in [0.5, 0.6) is 0 Å². The third-order valence-corrected chi connectivity index (χ3v) is 7.44. The van der Waals surface area contributed by atoms with Crippen LogP contribution in [0.3, 0.4) is 0 Å². The minimum Gasteiger partial charge on any atom is -0.478 e.